The lowest BCUT2D eigenvalue weighted by Crippen LogP contribution is -2.14. The van der Waals surface area contributed by atoms with E-state index in [0.717, 1.165) is 25.8 Å². The van der Waals surface area contributed by atoms with Gasteiger partial charge in [-0.3, -0.25) is 4.79 Å². The number of carbonyl (C=O) groups excluding carboxylic acids is 1. The molecule has 0 aliphatic rings. The molecule has 0 unspecified atom stereocenters. The van der Waals surface area contributed by atoms with Gasteiger partial charge in [-0.1, -0.05) is 19.8 Å². The van der Waals surface area contributed by atoms with Crippen LogP contribution in [-0.4, -0.2) is 38.6 Å². The Kier molecular flexibility index (Phi) is 5.51. The van der Waals surface area contributed by atoms with Crippen molar-refractivity contribution in [2.75, 3.05) is 24.2 Å². The molecule has 0 amide bonds. The molecule has 2 rings (SSSR count). The predicted molar refractivity (Wildman–Crippen MR) is 84.4 cm³/mol. The number of nitrogens with two attached hydrogens (primary N) is 1. The highest BCUT2D eigenvalue weighted by molar-refractivity contribution is 5.84. The predicted octanol–water partition coefficient (Wildman–Crippen LogP) is 1.57. The van der Waals surface area contributed by atoms with Gasteiger partial charge in [0.1, 0.15) is 12.1 Å². The first-order chi connectivity index (χ1) is 10.7. The van der Waals surface area contributed by atoms with E-state index >= 15 is 0 Å². The van der Waals surface area contributed by atoms with E-state index in [1.165, 1.54) is 6.33 Å². The number of ether oxygens (including phenoxy) is 1. The van der Waals surface area contributed by atoms with Crippen LogP contribution in [0.15, 0.2) is 6.33 Å². The molecule has 0 radical (unpaired) electrons. The Bertz CT molecular complexity index is 640. The van der Waals surface area contributed by atoms with Gasteiger partial charge in [-0.05, 0) is 13.3 Å². The van der Waals surface area contributed by atoms with E-state index in [1.54, 1.807) is 11.5 Å². The van der Waals surface area contributed by atoms with Crippen molar-refractivity contribution in [2.24, 2.45) is 0 Å². The van der Waals surface area contributed by atoms with Crippen LogP contribution in [0.3, 0.4) is 0 Å². The molecule has 8 nitrogen and oxygen atoms in total. The Morgan fingerprint density at radius 1 is 1.36 bits per heavy atom. The first-order valence-corrected chi connectivity index (χ1v) is 7.53. The van der Waals surface area contributed by atoms with Crippen molar-refractivity contribution in [3.8, 4) is 0 Å². The highest BCUT2D eigenvalue weighted by Gasteiger charge is 2.13. The Morgan fingerprint density at radius 3 is 2.91 bits per heavy atom. The summed E-state index contributed by atoms with van der Waals surface area (Å²) in [6, 6.07) is 0. The van der Waals surface area contributed by atoms with Gasteiger partial charge < -0.3 is 20.4 Å². The highest BCUT2D eigenvalue weighted by atomic mass is 16.5. The summed E-state index contributed by atoms with van der Waals surface area (Å²) >= 11 is 0. The summed E-state index contributed by atoms with van der Waals surface area (Å²) in [5, 5.41) is 3.15. The van der Waals surface area contributed by atoms with E-state index in [4.69, 9.17) is 10.5 Å². The van der Waals surface area contributed by atoms with Crippen LogP contribution >= 0.6 is 0 Å². The second-order valence-corrected chi connectivity index (χ2v) is 4.92. The fourth-order valence-electron chi connectivity index (χ4n) is 2.08. The molecular weight excluding hydrogens is 284 g/mol. The Labute approximate surface area is 129 Å². The number of hydrogen-bond acceptors (Lipinski definition) is 7. The number of unbranched alkanes of at least 4 members (excludes halogenated alkanes) is 2. The zero-order valence-corrected chi connectivity index (χ0v) is 13.0. The second-order valence-electron chi connectivity index (χ2n) is 4.92. The third-order valence-electron chi connectivity index (χ3n) is 3.16. The number of nitrogens with zero attached hydrogens (tertiary/aromatic N) is 4. The smallest absolute Gasteiger partial charge is 0.326 e. The van der Waals surface area contributed by atoms with Crippen LogP contribution in [0.2, 0.25) is 0 Å². The number of nitrogens with one attached hydrogen (secondary N) is 1. The average Bonchev–Trinajstić information content (AvgIpc) is 2.87. The number of fused-ring (bicyclic) bond motifs is 1. The van der Waals surface area contributed by atoms with Gasteiger partial charge in [0.25, 0.3) is 0 Å². The van der Waals surface area contributed by atoms with Crippen LogP contribution in [0.25, 0.3) is 11.2 Å². The molecule has 2 aromatic heterocycles. The Morgan fingerprint density at radius 2 is 2.18 bits per heavy atom. The lowest BCUT2D eigenvalue weighted by Gasteiger charge is -2.07. The molecule has 0 saturated carbocycles. The maximum Gasteiger partial charge on any atom is 0.326 e. The molecule has 0 atom stereocenters. The van der Waals surface area contributed by atoms with Crippen LogP contribution in [0, 0.1) is 0 Å². The zero-order valence-electron chi connectivity index (χ0n) is 13.0. The van der Waals surface area contributed by atoms with Crippen molar-refractivity contribution in [1.82, 2.24) is 19.5 Å². The summed E-state index contributed by atoms with van der Waals surface area (Å²) in [7, 11) is 0. The van der Waals surface area contributed by atoms with Crippen LogP contribution in [0.4, 0.5) is 11.8 Å². The van der Waals surface area contributed by atoms with Crippen molar-refractivity contribution in [3.63, 3.8) is 0 Å². The number of hydrogen-bond donors (Lipinski definition) is 2. The van der Waals surface area contributed by atoms with E-state index in [2.05, 4.69) is 27.2 Å². The third-order valence-corrected chi connectivity index (χ3v) is 3.16. The first-order valence-electron chi connectivity index (χ1n) is 7.53. The fraction of sp³-hybridized carbons (Fsp3) is 0.571. The quantitative estimate of drug-likeness (QED) is 0.563. The van der Waals surface area contributed by atoms with Crippen LogP contribution in [-0.2, 0) is 16.1 Å². The van der Waals surface area contributed by atoms with Crippen molar-refractivity contribution < 1.29 is 9.53 Å². The van der Waals surface area contributed by atoms with Crippen LogP contribution < -0.4 is 11.1 Å². The summed E-state index contributed by atoms with van der Waals surface area (Å²) in [5.41, 5.74) is 6.92. The molecule has 3 N–H and O–H groups in total. The van der Waals surface area contributed by atoms with Crippen molar-refractivity contribution in [3.05, 3.63) is 6.33 Å². The number of esters is 1. The largest absolute Gasteiger partial charge is 0.465 e. The molecule has 2 heterocycles. The number of nitrogen functional groups attached to an aromatic ring is 1. The van der Waals surface area contributed by atoms with E-state index < -0.39 is 0 Å². The van der Waals surface area contributed by atoms with Gasteiger partial charge in [-0.2, -0.15) is 9.97 Å². The SMILES string of the molecule is CCCCCNc1nc(N)c2ncn(CC(=O)OCC)c2n1. The van der Waals surface area contributed by atoms with Gasteiger partial charge in [0.05, 0.1) is 12.9 Å². The number of rotatable bonds is 8. The van der Waals surface area contributed by atoms with Gasteiger partial charge in [0.2, 0.25) is 5.95 Å². The topological polar surface area (TPSA) is 108 Å². The van der Waals surface area contributed by atoms with Crippen LogP contribution in [0.5, 0.6) is 0 Å². The van der Waals surface area contributed by atoms with E-state index in [0.29, 0.717) is 29.5 Å². The Balaban J connectivity index is 2.17. The Hall–Kier alpha value is -2.38. The molecule has 22 heavy (non-hydrogen) atoms. The molecule has 0 fully saturated rings. The molecule has 2 aromatic rings. The lowest BCUT2D eigenvalue weighted by molar-refractivity contribution is -0.143. The van der Waals surface area contributed by atoms with Gasteiger partial charge in [0, 0.05) is 6.54 Å². The zero-order chi connectivity index (χ0) is 15.9. The monoisotopic (exact) mass is 306 g/mol. The summed E-state index contributed by atoms with van der Waals surface area (Å²) in [5.74, 6) is 0.411. The van der Waals surface area contributed by atoms with E-state index in [-0.39, 0.29) is 12.5 Å². The molecule has 0 aromatic carbocycles. The van der Waals surface area contributed by atoms with Gasteiger partial charge >= 0.3 is 5.97 Å². The van der Waals surface area contributed by atoms with Crippen LogP contribution in [0.1, 0.15) is 33.1 Å². The minimum atomic E-state index is -0.337. The lowest BCUT2D eigenvalue weighted by atomic mass is 10.2. The van der Waals surface area contributed by atoms with E-state index in [1.807, 2.05) is 0 Å². The molecule has 8 heteroatoms. The number of imidazole rings is 1. The molecule has 0 saturated heterocycles. The number of aromatic nitrogens is 4. The average molecular weight is 306 g/mol. The normalized spacial score (nSPS) is 10.8. The standard InChI is InChI=1S/C14H22N6O2/c1-3-5-6-7-16-14-18-12(15)11-13(19-14)20(9-17-11)8-10(21)22-4-2/h9H,3-8H2,1-2H3,(H3,15,16,18,19). The van der Waals surface area contributed by atoms with Gasteiger partial charge in [-0.15, -0.1) is 0 Å². The third kappa shape index (κ3) is 3.84. The summed E-state index contributed by atoms with van der Waals surface area (Å²) in [4.78, 5) is 24.4. The van der Waals surface area contributed by atoms with Gasteiger partial charge in [-0.25, -0.2) is 4.98 Å². The number of anilines is 2. The number of carbonyl (C=O) groups is 1. The summed E-state index contributed by atoms with van der Waals surface area (Å²) < 4.78 is 6.55. The van der Waals surface area contributed by atoms with Crippen molar-refractivity contribution >= 4 is 28.9 Å². The fourth-order valence-corrected chi connectivity index (χ4v) is 2.08. The van der Waals surface area contributed by atoms with Gasteiger partial charge in [0.15, 0.2) is 11.5 Å². The molecule has 0 bridgehead atoms. The molecular formula is C14H22N6O2. The van der Waals surface area contributed by atoms with Crippen molar-refractivity contribution in [1.29, 1.82) is 0 Å². The minimum Gasteiger partial charge on any atom is -0.465 e. The van der Waals surface area contributed by atoms with E-state index in [9.17, 15) is 4.79 Å². The maximum absolute atomic E-state index is 11.6. The first kappa shape index (κ1) is 16.0. The molecule has 0 spiro atoms. The molecule has 0 aliphatic heterocycles. The minimum absolute atomic E-state index is 0.0517. The summed E-state index contributed by atoms with van der Waals surface area (Å²) in [6.45, 7) is 5.09. The second kappa shape index (κ2) is 7.58. The maximum atomic E-state index is 11.6. The summed E-state index contributed by atoms with van der Waals surface area (Å²) in [6.07, 6.45) is 4.86. The molecule has 120 valence electrons. The van der Waals surface area contributed by atoms with Crippen molar-refractivity contribution in [2.45, 2.75) is 39.7 Å². The highest BCUT2D eigenvalue weighted by Crippen LogP contribution is 2.18. The molecule has 0 aliphatic carbocycles.